The monoisotopic (exact) mass is 299 g/mol. The lowest BCUT2D eigenvalue weighted by atomic mass is 10.1. The smallest absolute Gasteiger partial charge is 0.224 e. The standard InChI is InChI=1S/C18H21NO3/c1-14-3-5-15(6-4-14)13-18(20)19-11-12-22-17-9-7-16(21-2)8-10-17/h3-10H,11-13H2,1-2H3,(H,19,20). The fourth-order valence-corrected chi connectivity index (χ4v) is 1.99. The molecule has 2 aromatic carbocycles. The topological polar surface area (TPSA) is 47.6 Å². The molecular weight excluding hydrogens is 278 g/mol. The molecule has 4 nitrogen and oxygen atoms in total. The van der Waals surface area contributed by atoms with Crippen molar-refractivity contribution in [2.75, 3.05) is 20.3 Å². The largest absolute Gasteiger partial charge is 0.497 e. The number of carbonyl (C=O) groups is 1. The molecule has 1 amide bonds. The Labute approximate surface area is 131 Å². The Kier molecular flexibility index (Phi) is 5.83. The van der Waals surface area contributed by atoms with Gasteiger partial charge < -0.3 is 14.8 Å². The minimum Gasteiger partial charge on any atom is -0.497 e. The van der Waals surface area contributed by atoms with Crippen LogP contribution in [0.5, 0.6) is 11.5 Å². The number of rotatable bonds is 7. The number of hydrogen-bond donors (Lipinski definition) is 1. The van der Waals surface area contributed by atoms with E-state index in [1.54, 1.807) is 7.11 Å². The molecule has 22 heavy (non-hydrogen) atoms. The van der Waals surface area contributed by atoms with Crippen LogP contribution in [0.4, 0.5) is 0 Å². The first-order chi connectivity index (χ1) is 10.7. The van der Waals surface area contributed by atoms with Crippen LogP contribution in [0.2, 0.25) is 0 Å². The highest BCUT2D eigenvalue weighted by Gasteiger charge is 2.03. The Bertz CT molecular complexity index is 591. The van der Waals surface area contributed by atoms with Gasteiger partial charge in [-0.1, -0.05) is 29.8 Å². The fraction of sp³-hybridized carbons (Fsp3) is 0.278. The van der Waals surface area contributed by atoms with Crippen LogP contribution in [-0.4, -0.2) is 26.2 Å². The number of amides is 1. The van der Waals surface area contributed by atoms with E-state index in [0.29, 0.717) is 19.6 Å². The van der Waals surface area contributed by atoms with Crippen LogP contribution in [0.15, 0.2) is 48.5 Å². The first-order valence-electron chi connectivity index (χ1n) is 7.26. The Morgan fingerprint density at radius 2 is 1.64 bits per heavy atom. The van der Waals surface area contributed by atoms with E-state index in [1.807, 2.05) is 55.5 Å². The summed E-state index contributed by atoms with van der Waals surface area (Å²) in [7, 11) is 1.62. The summed E-state index contributed by atoms with van der Waals surface area (Å²) in [6, 6.07) is 15.3. The van der Waals surface area contributed by atoms with Crippen LogP contribution in [0, 0.1) is 6.92 Å². The van der Waals surface area contributed by atoms with Crippen molar-refractivity contribution in [3.63, 3.8) is 0 Å². The van der Waals surface area contributed by atoms with Crippen LogP contribution in [0.3, 0.4) is 0 Å². The Hall–Kier alpha value is -2.49. The molecule has 4 heteroatoms. The summed E-state index contributed by atoms with van der Waals surface area (Å²) in [4.78, 5) is 11.8. The zero-order chi connectivity index (χ0) is 15.8. The van der Waals surface area contributed by atoms with E-state index >= 15 is 0 Å². The molecule has 0 bridgehead atoms. The summed E-state index contributed by atoms with van der Waals surface area (Å²) < 4.78 is 10.6. The summed E-state index contributed by atoms with van der Waals surface area (Å²) >= 11 is 0. The van der Waals surface area contributed by atoms with Gasteiger partial charge in [0.1, 0.15) is 18.1 Å². The third-order valence-corrected chi connectivity index (χ3v) is 3.24. The molecule has 0 atom stereocenters. The number of methoxy groups -OCH3 is 1. The maximum Gasteiger partial charge on any atom is 0.224 e. The number of aryl methyl sites for hydroxylation is 1. The Morgan fingerprint density at radius 3 is 2.27 bits per heavy atom. The van der Waals surface area contributed by atoms with Gasteiger partial charge in [-0.05, 0) is 36.8 Å². The van der Waals surface area contributed by atoms with Crippen LogP contribution in [0.1, 0.15) is 11.1 Å². The lowest BCUT2D eigenvalue weighted by Gasteiger charge is -2.08. The van der Waals surface area contributed by atoms with Gasteiger partial charge in [0.15, 0.2) is 0 Å². The maximum absolute atomic E-state index is 11.8. The fourth-order valence-electron chi connectivity index (χ4n) is 1.99. The van der Waals surface area contributed by atoms with Crippen molar-refractivity contribution in [1.82, 2.24) is 5.32 Å². The molecule has 1 N–H and O–H groups in total. The van der Waals surface area contributed by atoms with E-state index in [1.165, 1.54) is 5.56 Å². The molecule has 2 rings (SSSR count). The summed E-state index contributed by atoms with van der Waals surface area (Å²) in [6.07, 6.45) is 0.392. The molecule has 0 heterocycles. The normalized spacial score (nSPS) is 10.1. The molecule has 0 radical (unpaired) electrons. The predicted molar refractivity (Wildman–Crippen MR) is 86.4 cm³/mol. The Balaban J connectivity index is 1.67. The van der Waals surface area contributed by atoms with E-state index in [4.69, 9.17) is 9.47 Å². The second-order valence-electron chi connectivity index (χ2n) is 5.04. The number of benzene rings is 2. The summed E-state index contributed by atoms with van der Waals surface area (Å²) in [5, 5.41) is 2.85. The highest BCUT2D eigenvalue weighted by molar-refractivity contribution is 5.78. The molecule has 116 valence electrons. The average molecular weight is 299 g/mol. The van der Waals surface area contributed by atoms with Gasteiger partial charge in [-0.3, -0.25) is 4.79 Å². The van der Waals surface area contributed by atoms with Crippen molar-refractivity contribution < 1.29 is 14.3 Å². The van der Waals surface area contributed by atoms with Crippen molar-refractivity contribution >= 4 is 5.91 Å². The number of hydrogen-bond acceptors (Lipinski definition) is 3. The first kappa shape index (κ1) is 15.9. The average Bonchev–Trinajstić information content (AvgIpc) is 2.54. The molecule has 0 saturated heterocycles. The molecule has 0 aliphatic rings. The highest BCUT2D eigenvalue weighted by Crippen LogP contribution is 2.16. The SMILES string of the molecule is COc1ccc(OCCNC(=O)Cc2ccc(C)cc2)cc1. The van der Waals surface area contributed by atoms with E-state index < -0.39 is 0 Å². The van der Waals surface area contributed by atoms with Crippen molar-refractivity contribution in [1.29, 1.82) is 0 Å². The van der Waals surface area contributed by atoms with Gasteiger partial charge in [-0.25, -0.2) is 0 Å². The van der Waals surface area contributed by atoms with Gasteiger partial charge in [0.2, 0.25) is 5.91 Å². The molecule has 0 fully saturated rings. The summed E-state index contributed by atoms with van der Waals surface area (Å²) in [5.74, 6) is 1.55. The number of nitrogens with one attached hydrogen (secondary N) is 1. The molecule has 0 aliphatic heterocycles. The van der Waals surface area contributed by atoms with Gasteiger partial charge in [-0.2, -0.15) is 0 Å². The molecule has 2 aromatic rings. The van der Waals surface area contributed by atoms with Crippen LogP contribution in [0.25, 0.3) is 0 Å². The van der Waals surface area contributed by atoms with Crippen molar-refractivity contribution in [2.45, 2.75) is 13.3 Å². The van der Waals surface area contributed by atoms with Gasteiger partial charge in [-0.15, -0.1) is 0 Å². The minimum absolute atomic E-state index is 0.00202. The second-order valence-corrected chi connectivity index (χ2v) is 5.04. The molecule has 0 unspecified atom stereocenters. The quantitative estimate of drug-likeness (QED) is 0.800. The van der Waals surface area contributed by atoms with Gasteiger partial charge in [0.05, 0.1) is 20.1 Å². The lowest BCUT2D eigenvalue weighted by molar-refractivity contribution is -0.120. The first-order valence-corrected chi connectivity index (χ1v) is 7.26. The van der Waals surface area contributed by atoms with Crippen LogP contribution < -0.4 is 14.8 Å². The van der Waals surface area contributed by atoms with Gasteiger partial charge in [0, 0.05) is 0 Å². The zero-order valence-electron chi connectivity index (χ0n) is 13.0. The highest BCUT2D eigenvalue weighted by atomic mass is 16.5. The molecule has 0 aromatic heterocycles. The van der Waals surface area contributed by atoms with E-state index in [-0.39, 0.29) is 5.91 Å². The third-order valence-electron chi connectivity index (χ3n) is 3.24. The molecule has 0 aliphatic carbocycles. The van der Waals surface area contributed by atoms with E-state index in [0.717, 1.165) is 17.1 Å². The second kappa shape index (κ2) is 8.08. The number of ether oxygens (including phenoxy) is 2. The summed E-state index contributed by atoms with van der Waals surface area (Å²) in [5.41, 5.74) is 2.20. The van der Waals surface area contributed by atoms with Gasteiger partial charge in [0.25, 0.3) is 0 Å². The van der Waals surface area contributed by atoms with Gasteiger partial charge >= 0.3 is 0 Å². The third kappa shape index (κ3) is 5.13. The van der Waals surface area contributed by atoms with E-state index in [9.17, 15) is 4.79 Å². The molecule has 0 spiro atoms. The van der Waals surface area contributed by atoms with Crippen LogP contribution >= 0.6 is 0 Å². The molecule has 0 saturated carbocycles. The van der Waals surface area contributed by atoms with Crippen molar-refractivity contribution in [3.05, 3.63) is 59.7 Å². The van der Waals surface area contributed by atoms with Crippen molar-refractivity contribution in [2.24, 2.45) is 0 Å². The maximum atomic E-state index is 11.8. The number of carbonyl (C=O) groups excluding carboxylic acids is 1. The summed E-state index contributed by atoms with van der Waals surface area (Å²) in [6.45, 7) is 2.95. The minimum atomic E-state index is 0.00202. The predicted octanol–water partition coefficient (Wildman–Crippen LogP) is 2.74. The Morgan fingerprint density at radius 1 is 1.00 bits per heavy atom. The lowest BCUT2D eigenvalue weighted by Crippen LogP contribution is -2.29. The van der Waals surface area contributed by atoms with E-state index in [2.05, 4.69) is 5.32 Å². The zero-order valence-corrected chi connectivity index (χ0v) is 13.0. The molecular formula is C18H21NO3. The van der Waals surface area contributed by atoms with Crippen LogP contribution in [-0.2, 0) is 11.2 Å². The van der Waals surface area contributed by atoms with Crippen molar-refractivity contribution in [3.8, 4) is 11.5 Å².